The average molecular weight is 268 g/mol. The van der Waals surface area contributed by atoms with Crippen molar-refractivity contribution >= 4 is 0 Å². The molecule has 0 aromatic rings. The van der Waals surface area contributed by atoms with Crippen LogP contribution in [0.2, 0.25) is 0 Å². The minimum Gasteiger partial charge on any atom is -0.382 e. The SMILES string of the molecule is CCCNC1(C#N)CCCC1CCOC(C)COC. The number of nitriles is 1. The molecule has 1 rings (SSSR count). The van der Waals surface area contributed by atoms with Crippen molar-refractivity contribution in [2.24, 2.45) is 5.92 Å². The summed E-state index contributed by atoms with van der Waals surface area (Å²) in [5.74, 6) is 0.416. The lowest BCUT2D eigenvalue weighted by atomic mass is 9.86. The molecule has 0 radical (unpaired) electrons. The van der Waals surface area contributed by atoms with Crippen molar-refractivity contribution in [3.05, 3.63) is 0 Å². The van der Waals surface area contributed by atoms with Gasteiger partial charge in [-0.25, -0.2) is 0 Å². The highest BCUT2D eigenvalue weighted by molar-refractivity contribution is 5.14. The van der Waals surface area contributed by atoms with Crippen molar-refractivity contribution in [2.45, 2.75) is 57.6 Å². The summed E-state index contributed by atoms with van der Waals surface area (Å²) in [6.07, 6.45) is 5.40. The summed E-state index contributed by atoms with van der Waals surface area (Å²) < 4.78 is 10.8. The van der Waals surface area contributed by atoms with Crippen LogP contribution in [0.25, 0.3) is 0 Å². The van der Waals surface area contributed by atoms with E-state index in [0.29, 0.717) is 19.1 Å². The van der Waals surface area contributed by atoms with Crippen molar-refractivity contribution in [1.29, 1.82) is 5.26 Å². The highest BCUT2D eigenvalue weighted by Crippen LogP contribution is 2.37. The number of ether oxygens (including phenoxy) is 2. The molecule has 0 saturated heterocycles. The molecule has 1 saturated carbocycles. The first-order valence-electron chi connectivity index (χ1n) is 7.45. The molecule has 0 aliphatic heterocycles. The molecule has 0 aromatic carbocycles. The molecule has 4 heteroatoms. The second-order valence-corrected chi connectivity index (χ2v) is 5.52. The lowest BCUT2D eigenvalue weighted by Gasteiger charge is -2.30. The zero-order valence-electron chi connectivity index (χ0n) is 12.6. The Labute approximate surface area is 117 Å². The van der Waals surface area contributed by atoms with E-state index in [-0.39, 0.29) is 11.6 Å². The summed E-state index contributed by atoms with van der Waals surface area (Å²) >= 11 is 0. The van der Waals surface area contributed by atoms with E-state index in [1.54, 1.807) is 7.11 Å². The number of hydrogen-bond acceptors (Lipinski definition) is 4. The molecule has 3 atom stereocenters. The smallest absolute Gasteiger partial charge is 0.109 e. The van der Waals surface area contributed by atoms with Crippen LogP contribution >= 0.6 is 0 Å². The molecule has 0 spiro atoms. The fraction of sp³-hybridized carbons (Fsp3) is 0.933. The summed E-state index contributed by atoms with van der Waals surface area (Å²) in [6, 6.07) is 2.53. The molecule has 4 nitrogen and oxygen atoms in total. The third-order valence-electron chi connectivity index (χ3n) is 3.98. The maximum absolute atomic E-state index is 9.53. The molecular formula is C15H28N2O2. The van der Waals surface area contributed by atoms with E-state index in [9.17, 15) is 5.26 Å². The first kappa shape index (κ1) is 16.4. The van der Waals surface area contributed by atoms with Crippen molar-refractivity contribution in [3.8, 4) is 6.07 Å². The fourth-order valence-corrected chi connectivity index (χ4v) is 2.93. The van der Waals surface area contributed by atoms with Crippen molar-refractivity contribution in [2.75, 3.05) is 26.9 Å². The highest BCUT2D eigenvalue weighted by Gasteiger charge is 2.42. The van der Waals surface area contributed by atoms with Gasteiger partial charge in [0.15, 0.2) is 0 Å². The van der Waals surface area contributed by atoms with Crippen LogP contribution in [0.3, 0.4) is 0 Å². The summed E-state index contributed by atoms with van der Waals surface area (Å²) in [7, 11) is 1.69. The zero-order chi connectivity index (χ0) is 14.1. The first-order valence-corrected chi connectivity index (χ1v) is 7.45. The van der Waals surface area contributed by atoms with Gasteiger partial charge in [0.1, 0.15) is 5.54 Å². The van der Waals surface area contributed by atoms with E-state index in [2.05, 4.69) is 18.3 Å². The van der Waals surface area contributed by atoms with E-state index < -0.39 is 0 Å². The topological polar surface area (TPSA) is 54.3 Å². The number of hydrogen-bond donors (Lipinski definition) is 1. The van der Waals surface area contributed by atoms with Crippen LogP contribution in [0, 0.1) is 17.2 Å². The van der Waals surface area contributed by atoms with Crippen LogP contribution in [0.15, 0.2) is 0 Å². The van der Waals surface area contributed by atoms with Crippen LogP contribution in [-0.4, -0.2) is 38.5 Å². The number of nitrogens with one attached hydrogen (secondary N) is 1. The minimum atomic E-state index is -0.316. The van der Waals surface area contributed by atoms with Crippen molar-refractivity contribution < 1.29 is 9.47 Å². The van der Waals surface area contributed by atoms with Gasteiger partial charge in [0.2, 0.25) is 0 Å². The Morgan fingerprint density at radius 3 is 2.95 bits per heavy atom. The quantitative estimate of drug-likeness (QED) is 0.698. The highest BCUT2D eigenvalue weighted by atomic mass is 16.5. The largest absolute Gasteiger partial charge is 0.382 e. The molecular weight excluding hydrogens is 240 g/mol. The standard InChI is InChI=1S/C15H28N2O2/c1-4-9-17-15(12-16)8-5-6-14(15)7-10-19-13(2)11-18-3/h13-14,17H,4-11H2,1-3H3. The normalized spacial score (nSPS) is 28.2. The second-order valence-electron chi connectivity index (χ2n) is 5.52. The fourth-order valence-electron chi connectivity index (χ4n) is 2.93. The van der Waals surface area contributed by atoms with E-state index >= 15 is 0 Å². The molecule has 110 valence electrons. The summed E-state index contributed by atoms with van der Waals surface area (Å²) in [5.41, 5.74) is -0.316. The summed E-state index contributed by atoms with van der Waals surface area (Å²) in [4.78, 5) is 0. The molecule has 1 fully saturated rings. The van der Waals surface area contributed by atoms with E-state index in [1.165, 1.54) is 0 Å². The molecule has 0 heterocycles. The van der Waals surface area contributed by atoms with Gasteiger partial charge >= 0.3 is 0 Å². The van der Waals surface area contributed by atoms with Gasteiger partial charge < -0.3 is 9.47 Å². The summed E-state index contributed by atoms with van der Waals surface area (Å²) in [6.45, 7) is 6.42. The second kappa shape index (κ2) is 8.52. The van der Waals surface area contributed by atoms with Gasteiger partial charge in [-0.15, -0.1) is 0 Å². The summed E-state index contributed by atoms with van der Waals surface area (Å²) in [5, 5.41) is 13.0. The Kier molecular flexibility index (Phi) is 7.37. The Balaban J connectivity index is 2.40. The van der Waals surface area contributed by atoms with Crippen LogP contribution in [-0.2, 0) is 9.47 Å². The van der Waals surface area contributed by atoms with Gasteiger partial charge in [-0.3, -0.25) is 5.32 Å². The number of nitrogens with zero attached hydrogens (tertiary/aromatic N) is 1. The third kappa shape index (κ3) is 4.76. The Morgan fingerprint density at radius 1 is 1.53 bits per heavy atom. The number of rotatable bonds is 9. The predicted octanol–water partition coefficient (Wildman–Crippen LogP) is 2.49. The first-order chi connectivity index (χ1) is 9.18. The third-order valence-corrected chi connectivity index (χ3v) is 3.98. The van der Waals surface area contributed by atoms with E-state index in [1.807, 2.05) is 6.92 Å². The van der Waals surface area contributed by atoms with Gasteiger partial charge in [-0.2, -0.15) is 5.26 Å². The maximum atomic E-state index is 9.53. The lowest BCUT2D eigenvalue weighted by molar-refractivity contribution is 0.00185. The molecule has 1 aliphatic carbocycles. The minimum absolute atomic E-state index is 0.131. The predicted molar refractivity (Wildman–Crippen MR) is 75.9 cm³/mol. The van der Waals surface area contributed by atoms with Crippen LogP contribution in [0.5, 0.6) is 0 Å². The van der Waals surface area contributed by atoms with Crippen molar-refractivity contribution in [3.63, 3.8) is 0 Å². The van der Waals surface area contributed by atoms with Crippen molar-refractivity contribution in [1.82, 2.24) is 5.32 Å². The monoisotopic (exact) mass is 268 g/mol. The molecule has 1 N–H and O–H groups in total. The van der Waals surface area contributed by atoms with Gasteiger partial charge in [-0.05, 0) is 45.1 Å². The van der Waals surface area contributed by atoms with Crippen LogP contribution < -0.4 is 5.32 Å². The van der Waals surface area contributed by atoms with Gasteiger partial charge in [0.05, 0.1) is 18.8 Å². The molecule has 0 amide bonds. The Morgan fingerprint density at radius 2 is 2.32 bits per heavy atom. The molecule has 1 aliphatic rings. The van der Waals surface area contributed by atoms with Gasteiger partial charge in [0.25, 0.3) is 0 Å². The Bertz CT molecular complexity index is 290. The Hall–Kier alpha value is -0.630. The zero-order valence-corrected chi connectivity index (χ0v) is 12.6. The van der Waals surface area contributed by atoms with Gasteiger partial charge in [-0.1, -0.05) is 13.3 Å². The molecule has 3 unspecified atom stereocenters. The lowest BCUT2D eigenvalue weighted by Crippen LogP contribution is -2.47. The van der Waals surface area contributed by atoms with Gasteiger partial charge in [0, 0.05) is 13.7 Å². The van der Waals surface area contributed by atoms with Crippen LogP contribution in [0.4, 0.5) is 0 Å². The molecule has 0 aromatic heterocycles. The van der Waals surface area contributed by atoms with Crippen LogP contribution in [0.1, 0.15) is 46.0 Å². The molecule has 19 heavy (non-hydrogen) atoms. The maximum Gasteiger partial charge on any atom is 0.109 e. The van der Waals surface area contributed by atoms with E-state index in [0.717, 1.165) is 38.6 Å². The average Bonchev–Trinajstić information content (AvgIpc) is 2.80. The molecule has 0 bridgehead atoms. The van der Waals surface area contributed by atoms with E-state index in [4.69, 9.17) is 9.47 Å². The number of methoxy groups -OCH3 is 1.